The van der Waals surface area contributed by atoms with Gasteiger partial charge in [-0.05, 0) is 59.7 Å². The van der Waals surface area contributed by atoms with Gasteiger partial charge in [-0.3, -0.25) is 9.35 Å². The number of hydrogen-bond acceptors (Lipinski definition) is 5. The third kappa shape index (κ3) is 5.27. The number of anilines is 3. The number of benzene rings is 2. The first-order valence-electron chi connectivity index (χ1n) is 12.2. The molecule has 1 aliphatic heterocycles. The molecule has 4 aromatic rings. The first-order valence-corrected chi connectivity index (χ1v) is 13.3. The topological polar surface area (TPSA) is 112 Å². The molecular formula is C27H30N6O3S. The standard InChI is InChI=1S/C27H30N6O3S/c1-18(34)32-13-5-12-27(2,3)23-10-8-21(15-25(23)32)30-26-28-17-22-9-11-24(33(22)31-26)20-7-4-6-19(14-20)16-29-37(35)36/h4,6-11,14-15,17,29H,5,12-13,16H2,1-3H3,(H,30,31)(H,35,36). The average molecular weight is 519 g/mol. The van der Waals surface area contributed by atoms with Gasteiger partial charge in [0.05, 0.1) is 17.4 Å². The Bertz CT molecular complexity index is 1500. The molecule has 192 valence electrons. The molecule has 0 aliphatic carbocycles. The van der Waals surface area contributed by atoms with E-state index >= 15 is 0 Å². The molecule has 37 heavy (non-hydrogen) atoms. The van der Waals surface area contributed by atoms with E-state index in [4.69, 9.17) is 9.65 Å². The highest BCUT2D eigenvalue weighted by atomic mass is 32.2. The van der Waals surface area contributed by atoms with E-state index in [0.717, 1.165) is 52.1 Å². The van der Waals surface area contributed by atoms with Crippen LogP contribution in [-0.4, -0.2) is 35.8 Å². The maximum atomic E-state index is 12.4. The Balaban J connectivity index is 1.47. The minimum absolute atomic E-state index is 0.0240. The smallest absolute Gasteiger partial charge is 0.245 e. The number of nitrogens with one attached hydrogen (secondary N) is 2. The average Bonchev–Trinajstić information content (AvgIpc) is 3.22. The van der Waals surface area contributed by atoms with Gasteiger partial charge in [0.2, 0.25) is 23.1 Å². The number of carbonyl (C=O) groups excluding carboxylic acids is 1. The zero-order chi connectivity index (χ0) is 26.2. The molecule has 3 heterocycles. The van der Waals surface area contributed by atoms with Crippen LogP contribution in [0.4, 0.5) is 17.3 Å². The zero-order valence-corrected chi connectivity index (χ0v) is 21.9. The monoisotopic (exact) mass is 518 g/mol. The van der Waals surface area contributed by atoms with Crippen LogP contribution in [-0.2, 0) is 28.0 Å². The van der Waals surface area contributed by atoms with E-state index in [9.17, 15) is 9.00 Å². The van der Waals surface area contributed by atoms with Gasteiger partial charge in [0, 0.05) is 37.0 Å². The van der Waals surface area contributed by atoms with Crippen molar-refractivity contribution in [2.75, 3.05) is 16.8 Å². The van der Waals surface area contributed by atoms with E-state index in [1.165, 1.54) is 0 Å². The Morgan fingerprint density at radius 1 is 1.16 bits per heavy atom. The molecule has 5 rings (SSSR count). The Labute approximate surface area is 218 Å². The second kappa shape index (κ2) is 10.0. The van der Waals surface area contributed by atoms with Gasteiger partial charge in [-0.15, -0.1) is 5.10 Å². The van der Waals surface area contributed by atoms with Crippen molar-refractivity contribution in [2.45, 2.75) is 45.6 Å². The molecule has 3 N–H and O–H groups in total. The van der Waals surface area contributed by atoms with Crippen molar-refractivity contribution in [3.63, 3.8) is 0 Å². The molecule has 0 fully saturated rings. The van der Waals surface area contributed by atoms with Crippen molar-refractivity contribution in [1.82, 2.24) is 19.3 Å². The highest BCUT2D eigenvalue weighted by Crippen LogP contribution is 2.40. The predicted molar refractivity (Wildman–Crippen MR) is 146 cm³/mol. The Hall–Kier alpha value is -3.60. The van der Waals surface area contributed by atoms with Crippen LogP contribution >= 0.6 is 0 Å². The van der Waals surface area contributed by atoms with Crippen molar-refractivity contribution in [1.29, 1.82) is 0 Å². The Kier molecular flexibility index (Phi) is 6.80. The fourth-order valence-corrected chi connectivity index (χ4v) is 5.25. The van der Waals surface area contributed by atoms with Crippen LogP contribution in [0.2, 0.25) is 0 Å². The minimum Gasteiger partial charge on any atom is -0.323 e. The van der Waals surface area contributed by atoms with E-state index in [1.807, 2.05) is 57.9 Å². The van der Waals surface area contributed by atoms with Gasteiger partial charge >= 0.3 is 0 Å². The van der Waals surface area contributed by atoms with Crippen molar-refractivity contribution >= 4 is 40.0 Å². The largest absolute Gasteiger partial charge is 0.323 e. The number of rotatable bonds is 6. The molecule has 0 spiro atoms. The molecule has 1 atom stereocenters. The summed E-state index contributed by atoms with van der Waals surface area (Å²) in [5.74, 6) is 0.467. The first-order chi connectivity index (χ1) is 17.7. The van der Waals surface area contributed by atoms with Crippen LogP contribution in [0.3, 0.4) is 0 Å². The molecule has 2 aromatic heterocycles. The molecule has 0 saturated carbocycles. The summed E-state index contributed by atoms with van der Waals surface area (Å²) < 4.78 is 24.3. The predicted octanol–water partition coefficient (Wildman–Crippen LogP) is 4.79. The van der Waals surface area contributed by atoms with Gasteiger partial charge in [-0.2, -0.15) is 0 Å². The second-order valence-corrected chi connectivity index (χ2v) is 10.7. The van der Waals surface area contributed by atoms with Crippen molar-refractivity contribution in [2.24, 2.45) is 0 Å². The third-order valence-electron chi connectivity index (χ3n) is 6.86. The lowest BCUT2D eigenvalue weighted by atomic mass is 9.80. The normalized spacial score (nSPS) is 15.7. The van der Waals surface area contributed by atoms with E-state index < -0.39 is 11.3 Å². The molecule has 0 bridgehead atoms. The van der Waals surface area contributed by atoms with Gasteiger partial charge in [0.1, 0.15) is 0 Å². The molecule has 0 radical (unpaired) electrons. The van der Waals surface area contributed by atoms with Crippen LogP contribution in [0, 0.1) is 0 Å². The number of aromatic nitrogens is 3. The van der Waals surface area contributed by atoms with E-state index in [-0.39, 0.29) is 17.9 Å². The number of carbonyl (C=O) groups is 1. The lowest BCUT2D eigenvalue weighted by Gasteiger charge is -2.27. The third-order valence-corrected chi connectivity index (χ3v) is 7.25. The fourth-order valence-electron chi connectivity index (χ4n) is 4.96. The van der Waals surface area contributed by atoms with Crippen molar-refractivity contribution < 1.29 is 13.6 Å². The maximum absolute atomic E-state index is 12.4. The van der Waals surface area contributed by atoms with Crippen molar-refractivity contribution in [3.8, 4) is 11.3 Å². The van der Waals surface area contributed by atoms with Crippen LogP contribution in [0.1, 0.15) is 44.7 Å². The SMILES string of the molecule is CC(=O)N1CCCC(C)(C)c2ccc(Nc3ncc4ccc(-c5cccc(CNS(=O)O)c5)n4n3)cc21. The summed E-state index contributed by atoms with van der Waals surface area (Å²) in [5.41, 5.74) is 6.39. The van der Waals surface area contributed by atoms with Gasteiger partial charge in [-0.25, -0.2) is 18.4 Å². The van der Waals surface area contributed by atoms with E-state index in [1.54, 1.807) is 13.1 Å². The summed E-state index contributed by atoms with van der Waals surface area (Å²) in [4.78, 5) is 18.8. The van der Waals surface area contributed by atoms with Gasteiger partial charge in [0.25, 0.3) is 0 Å². The first kappa shape index (κ1) is 25.1. The lowest BCUT2D eigenvalue weighted by molar-refractivity contribution is -0.116. The number of nitrogens with zero attached hydrogens (tertiary/aromatic N) is 4. The Morgan fingerprint density at radius 3 is 2.78 bits per heavy atom. The molecule has 1 amide bonds. The Morgan fingerprint density at radius 2 is 2.00 bits per heavy atom. The molecule has 9 nitrogen and oxygen atoms in total. The van der Waals surface area contributed by atoms with E-state index in [2.05, 4.69) is 34.9 Å². The summed E-state index contributed by atoms with van der Waals surface area (Å²) in [6.45, 7) is 7.03. The lowest BCUT2D eigenvalue weighted by Crippen LogP contribution is -2.29. The minimum atomic E-state index is -2.07. The summed E-state index contributed by atoms with van der Waals surface area (Å²) in [6.07, 6.45) is 3.73. The van der Waals surface area contributed by atoms with Crippen LogP contribution in [0.5, 0.6) is 0 Å². The number of hydrogen-bond donors (Lipinski definition) is 3. The zero-order valence-electron chi connectivity index (χ0n) is 21.1. The van der Waals surface area contributed by atoms with Gasteiger partial charge < -0.3 is 10.2 Å². The maximum Gasteiger partial charge on any atom is 0.245 e. The van der Waals surface area contributed by atoms with Crippen molar-refractivity contribution in [3.05, 3.63) is 71.9 Å². The van der Waals surface area contributed by atoms with Crippen LogP contribution in [0.15, 0.2) is 60.8 Å². The quantitative estimate of drug-likeness (QED) is 0.317. The van der Waals surface area contributed by atoms with Gasteiger partial charge in [0.15, 0.2) is 0 Å². The highest BCUT2D eigenvalue weighted by molar-refractivity contribution is 7.77. The number of amides is 1. The summed E-state index contributed by atoms with van der Waals surface area (Å²) in [5, 5.41) is 8.05. The fraction of sp³-hybridized carbons (Fsp3) is 0.296. The summed E-state index contributed by atoms with van der Waals surface area (Å²) >= 11 is -2.07. The summed E-state index contributed by atoms with van der Waals surface area (Å²) in [6, 6.07) is 17.8. The summed E-state index contributed by atoms with van der Waals surface area (Å²) in [7, 11) is 0. The van der Waals surface area contributed by atoms with Crippen LogP contribution < -0.4 is 14.9 Å². The van der Waals surface area contributed by atoms with E-state index in [0.29, 0.717) is 12.5 Å². The molecule has 1 unspecified atom stereocenters. The molecule has 0 saturated heterocycles. The molecule has 1 aliphatic rings. The van der Waals surface area contributed by atoms with Crippen LogP contribution in [0.25, 0.3) is 16.8 Å². The molecule has 10 heteroatoms. The highest BCUT2D eigenvalue weighted by Gasteiger charge is 2.30. The van der Waals surface area contributed by atoms with Gasteiger partial charge in [-0.1, -0.05) is 38.1 Å². The molecular weight excluding hydrogens is 488 g/mol. The molecule has 2 aromatic carbocycles. The second-order valence-electron chi connectivity index (χ2n) is 9.92. The number of fused-ring (bicyclic) bond motifs is 2.